The van der Waals surface area contributed by atoms with Crippen LogP contribution in [0.15, 0.2) is 30.3 Å². The van der Waals surface area contributed by atoms with Crippen LogP contribution in [0, 0.1) is 0 Å². The monoisotopic (exact) mass is 370 g/mol. The third-order valence-electron chi connectivity index (χ3n) is 5.46. The molecule has 2 atom stereocenters. The van der Waals surface area contributed by atoms with Crippen molar-refractivity contribution < 1.29 is 28.6 Å². The summed E-state index contributed by atoms with van der Waals surface area (Å²) in [5.74, 6) is 2.84. The number of Topliss-reactive ketones (excluding diaryl/α,β-unsaturated/α-hetero) is 1. The maximum absolute atomic E-state index is 13.0. The van der Waals surface area contributed by atoms with Crippen LogP contribution >= 0.6 is 0 Å². The molecule has 1 unspecified atom stereocenters. The fourth-order valence-electron chi connectivity index (χ4n) is 4.00. The highest BCUT2D eigenvalue weighted by Crippen LogP contribution is 2.47. The van der Waals surface area contributed by atoms with E-state index in [1.165, 1.54) is 10.5 Å². The Morgan fingerprint density at radius 1 is 1.22 bits per heavy atom. The van der Waals surface area contributed by atoms with Gasteiger partial charge in [0, 0.05) is 12.0 Å². The number of ether oxygens (including phenoxy) is 4. The third kappa shape index (κ3) is 3.10. The highest BCUT2D eigenvalue weighted by atomic mass is 16.7. The first-order valence-corrected chi connectivity index (χ1v) is 9.11. The zero-order valence-corrected chi connectivity index (χ0v) is 15.8. The summed E-state index contributed by atoms with van der Waals surface area (Å²) >= 11 is 0. The molecule has 142 valence electrons. The van der Waals surface area contributed by atoms with Gasteiger partial charge in [0.25, 0.3) is 0 Å². The summed E-state index contributed by atoms with van der Waals surface area (Å²) in [5, 5.41) is 0. The van der Waals surface area contributed by atoms with Gasteiger partial charge < -0.3 is 23.8 Å². The predicted octanol–water partition coefficient (Wildman–Crippen LogP) is 1.82. The maximum Gasteiger partial charge on any atom is 0.231 e. The Labute approximate surface area is 158 Å². The van der Waals surface area contributed by atoms with Gasteiger partial charge in [0.1, 0.15) is 11.8 Å². The summed E-state index contributed by atoms with van der Waals surface area (Å²) in [6.45, 7) is 1.15. The summed E-state index contributed by atoms with van der Waals surface area (Å²) in [5.41, 5.74) is 2.89. The molecule has 6 nitrogen and oxygen atoms in total. The molecule has 0 fully saturated rings. The predicted molar refractivity (Wildman–Crippen MR) is 99.3 cm³/mol. The second-order valence-electron chi connectivity index (χ2n) is 6.97. The zero-order valence-electron chi connectivity index (χ0n) is 15.8. The SMILES string of the molecule is COc1cccc(C(=O)C[C@H]2c3c(cc4c(c3OC)OCO4)CC[NH+]2C)c1. The number of hydrogen-bond donors (Lipinski definition) is 1. The zero-order chi connectivity index (χ0) is 19.0. The highest BCUT2D eigenvalue weighted by Gasteiger charge is 2.37. The fraction of sp³-hybridized carbons (Fsp3) is 0.381. The van der Waals surface area contributed by atoms with Gasteiger partial charge in [0.05, 0.1) is 39.8 Å². The average Bonchev–Trinajstić information content (AvgIpc) is 3.16. The first kappa shape index (κ1) is 17.7. The number of quaternary nitrogens is 1. The number of fused-ring (bicyclic) bond motifs is 2. The number of carbonyl (C=O) groups excluding carboxylic acids is 1. The van der Waals surface area contributed by atoms with Crippen molar-refractivity contribution in [1.29, 1.82) is 0 Å². The number of hydrogen-bond acceptors (Lipinski definition) is 5. The molecule has 27 heavy (non-hydrogen) atoms. The first-order valence-electron chi connectivity index (χ1n) is 9.11. The number of rotatable bonds is 5. The Hall–Kier alpha value is -2.73. The molecule has 0 amide bonds. The molecule has 0 saturated carbocycles. The molecule has 0 saturated heterocycles. The normalized spacial score (nSPS) is 20.1. The molecule has 0 radical (unpaired) electrons. The van der Waals surface area contributed by atoms with E-state index in [0.717, 1.165) is 24.3 Å². The smallest absolute Gasteiger partial charge is 0.231 e. The van der Waals surface area contributed by atoms with Gasteiger partial charge in [-0.1, -0.05) is 12.1 Å². The molecule has 2 aliphatic heterocycles. The van der Waals surface area contributed by atoms with Crippen LogP contribution in [0.4, 0.5) is 0 Å². The minimum atomic E-state index is -0.00287. The molecular formula is C21H24NO5+. The Morgan fingerprint density at radius 3 is 2.85 bits per heavy atom. The summed E-state index contributed by atoms with van der Waals surface area (Å²) in [4.78, 5) is 14.3. The van der Waals surface area contributed by atoms with Crippen LogP contribution in [0.5, 0.6) is 23.0 Å². The maximum atomic E-state index is 13.0. The van der Waals surface area contributed by atoms with Crippen molar-refractivity contribution in [2.24, 2.45) is 0 Å². The van der Waals surface area contributed by atoms with Crippen molar-refractivity contribution in [2.45, 2.75) is 18.9 Å². The summed E-state index contributed by atoms with van der Waals surface area (Å²) < 4.78 is 22.1. The molecule has 0 aromatic heterocycles. The van der Waals surface area contributed by atoms with E-state index in [4.69, 9.17) is 18.9 Å². The third-order valence-corrected chi connectivity index (χ3v) is 5.46. The standard InChI is InChI=1S/C21H23NO5/c1-22-8-7-14-10-18-20(27-12-26-18)21(25-3)19(14)16(22)11-17(23)13-5-4-6-15(9-13)24-2/h4-6,9-10,16H,7-8,11-12H2,1-3H3/p+1/t16-/m0/s1. The van der Waals surface area contributed by atoms with Crippen molar-refractivity contribution in [1.82, 2.24) is 0 Å². The van der Waals surface area contributed by atoms with Crippen LogP contribution in [0.3, 0.4) is 0 Å². The number of methoxy groups -OCH3 is 2. The lowest BCUT2D eigenvalue weighted by Crippen LogP contribution is -3.10. The van der Waals surface area contributed by atoms with Crippen molar-refractivity contribution >= 4 is 5.78 Å². The van der Waals surface area contributed by atoms with Crippen molar-refractivity contribution in [3.05, 3.63) is 47.0 Å². The lowest BCUT2D eigenvalue weighted by molar-refractivity contribution is -0.913. The molecule has 2 aliphatic rings. The van der Waals surface area contributed by atoms with Crippen LogP contribution in [0.1, 0.15) is 33.9 Å². The number of nitrogens with one attached hydrogen (secondary N) is 1. The average molecular weight is 370 g/mol. The molecule has 2 aromatic carbocycles. The quantitative estimate of drug-likeness (QED) is 0.814. The highest BCUT2D eigenvalue weighted by molar-refractivity contribution is 5.96. The number of ketones is 1. The van der Waals surface area contributed by atoms with E-state index in [0.29, 0.717) is 29.2 Å². The van der Waals surface area contributed by atoms with Crippen LogP contribution in [0.2, 0.25) is 0 Å². The molecule has 0 aliphatic carbocycles. The molecule has 4 rings (SSSR count). The van der Waals surface area contributed by atoms with Crippen molar-refractivity contribution in [3.8, 4) is 23.0 Å². The summed E-state index contributed by atoms with van der Waals surface area (Å²) in [6.07, 6.45) is 1.31. The molecule has 0 spiro atoms. The van der Waals surface area contributed by atoms with Crippen LogP contribution in [-0.2, 0) is 6.42 Å². The van der Waals surface area contributed by atoms with Crippen LogP contribution in [0.25, 0.3) is 0 Å². The molecule has 1 N–H and O–H groups in total. The van der Waals surface area contributed by atoms with Gasteiger partial charge in [0.2, 0.25) is 12.5 Å². The molecule has 6 heteroatoms. The topological polar surface area (TPSA) is 58.4 Å². The lowest BCUT2D eigenvalue weighted by Gasteiger charge is -2.32. The van der Waals surface area contributed by atoms with E-state index in [-0.39, 0.29) is 18.6 Å². The largest absolute Gasteiger partial charge is 0.497 e. The van der Waals surface area contributed by atoms with Gasteiger partial charge in [-0.05, 0) is 23.8 Å². The van der Waals surface area contributed by atoms with E-state index in [1.54, 1.807) is 20.3 Å². The van der Waals surface area contributed by atoms with E-state index < -0.39 is 0 Å². The van der Waals surface area contributed by atoms with Gasteiger partial charge in [-0.15, -0.1) is 0 Å². The molecular weight excluding hydrogens is 346 g/mol. The van der Waals surface area contributed by atoms with Crippen molar-refractivity contribution in [3.63, 3.8) is 0 Å². The van der Waals surface area contributed by atoms with E-state index in [9.17, 15) is 4.79 Å². The Balaban J connectivity index is 1.71. The molecule has 2 aromatic rings. The van der Waals surface area contributed by atoms with Crippen LogP contribution in [-0.4, -0.2) is 40.4 Å². The van der Waals surface area contributed by atoms with Gasteiger partial charge >= 0.3 is 0 Å². The van der Waals surface area contributed by atoms with Gasteiger partial charge in [0.15, 0.2) is 17.3 Å². The second kappa shape index (κ2) is 7.12. The van der Waals surface area contributed by atoms with E-state index >= 15 is 0 Å². The fourth-order valence-corrected chi connectivity index (χ4v) is 4.00. The van der Waals surface area contributed by atoms with Gasteiger partial charge in [-0.2, -0.15) is 0 Å². The lowest BCUT2D eigenvalue weighted by atomic mass is 9.87. The number of likely N-dealkylation sites (N-methyl/N-ethyl adjacent to an activating group) is 1. The van der Waals surface area contributed by atoms with Crippen molar-refractivity contribution in [2.75, 3.05) is 34.6 Å². The summed E-state index contributed by atoms with van der Waals surface area (Å²) in [7, 11) is 5.37. The minimum Gasteiger partial charge on any atom is -0.497 e. The Bertz CT molecular complexity index is 879. The molecule has 2 heterocycles. The molecule has 0 bridgehead atoms. The number of benzene rings is 2. The van der Waals surface area contributed by atoms with E-state index in [2.05, 4.69) is 7.05 Å². The van der Waals surface area contributed by atoms with Crippen LogP contribution < -0.4 is 23.8 Å². The van der Waals surface area contributed by atoms with Gasteiger partial charge in [-0.25, -0.2) is 0 Å². The first-order chi connectivity index (χ1) is 13.1. The Kier molecular flexibility index (Phi) is 4.66. The van der Waals surface area contributed by atoms with Gasteiger partial charge in [-0.3, -0.25) is 4.79 Å². The Morgan fingerprint density at radius 2 is 2.07 bits per heavy atom. The van der Waals surface area contributed by atoms with E-state index in [1.807, 2.05) is 24.3 Å². The second-order valence-corrected chi connectivity index (χ2v) is 6.97. The minimum absolute atomic E-state index is 0.00287. The number of carbonyl (C=O) groups is 1. The summed E-state index contributed by atoms with van der Waals surface area (Å²) in [6, 6.07) is 9.34.